The predicted molar refractivity (Wildman–Crippen MR) is 222 cm³/mol. The molecule has 53 heavy (non-hydrogen) atoms. The molecule has 2 aliphatic carbocycles. The third-order valence-corrected chi connectivity index (χ3v) is 10.6. The molecule has 2 nitrogen and oxygen atoms in total. The van der Waals surface area contributed by atoms with Crippen LogP contribution in [0.5, 0.6) is 0 Å². The Balaban J connectivity index is 1.09. The molecule has 258 valence electrons. The van der Waals surface area contributed by atoms with Gasteiger partial charge in [0.1, 0.15) is 5.82 Å². The summed E-state index contributed by atoms with van der Waals surface area (Å²) in [4.78, 5) is 2.28. The van der Waals surface area contributed by atoms with Gasteiger partial charge in [-0.25, -0.2) is 4.39 Å². The molecule has 0 N–H and O–H groups in total. The van der Waals surface area contributed by atoms with Crippen molar-refractivity contribution in [3.05, 3.63) is 192 Å². The monoisotopic (exact) mass is 688 g/mol. The summed E-state index contributed by atoms with van der Waals surface area (Å²) in [7, 11) is 0. The van der Waals surface area contributed by atoms with E-state index in [4.69, 9.17) is 6.42 Å². The number of terminal acetylenes is 1. The molecule has 0 aliphatic heterocycles. The van der Waals surface area contributed by atoms with Crippen LogP contribution in [0, 0.1) is 25.1 Å². The Bertz CT molecular complexity index is 2400. The van der Waals surface area contributed by atoms with E-state index in [2.05, 4.69) is 163 Å². The van der Waals surface area contributed by atoms with Crippen LogP contribution in [-0.4, -0.2) is 4.57 Å². The molecule has 0 bridgehead atoms. The minimum atomic E-state index is -0.234. The first kappa shape index (κ1) is 33.8. The zero-order chi connectivity index (χ0) is 36.3. The first-order chi connectivity index (χ1) is 26.0. The Labute approximate surface area is 312 Å². The number of hydrogen-bond acceptors (Lipinski definition) is 1. The maximum Gasteiger partial charge on any atom is 0.123 e. The second kappa shape index (κ2) is 14.7. The van der Waals surface area contributed by atoms with Crippen molar-refractivity contribution >= 4 is 34.8 Å². The average molecular weight is 689 g/mol. The topological polar surface area (TPSA) is 8.17 Å². The van der Waals surface area contributed by atoms with Gasteiger partial charge in [-0.15, -0.1) is 6.42 Å². The first-order valence-electron chi connectivity index (χ1n) is 18.3. The van der Waals surface area contributed by atoms with Crippen LogP contribution in [0.2, 0.25) is 0 Å². The number of hydrogen-bond donors (Lipinski definition) is 0. The second-order valence-electron chi connectivity index (χ2n) is 13.9. The van der Waals surface area contributed by atoms with Gasteiger partial charge in [0.05, 0.1) is 6.04 Å². The van der Waals surface area contributed by atoms with Crippen molar-refractivity contribution in [2.24, 2.45) is 0 Å². The van der Waals surface area contributed by atoms with Crippen LogP contribution < -0.4 is 4.90 Å². The predicted octanol–water partition coefficient (Wildman–Crippen LogP) is 13.5. The number of anilines is 3. The van der Waals surface area contributed by atoms with Gasteiger partial charge in [0.2, 0.25) is 0 Å². The van der Waals surface area contributed by atoms with Crippen LogP contribution in [0.4, 0.5) is 21.5 Å². The maximum absolute atomic E-state index is 13.6. The molecule has 3 heteroatoms. The number of fused-ring (bicyclic) bond motifs is 1. The number of aromatic nitrogens is 1. The highest BCUT2D eigenvalue weighted by atomic mass is 19.1. The molecule has 0 saturated carbocycles. The molecule has 8 rings (SSSR count). The van der Waals surface area contributed by atoms with E-state index >= 15 is 0 Å². The third-order valence-electron chi connectivity index (χ3n) is 10.6. The SMILES string of the molecule is C#C/C=C\c1c(C)c2c(n1C1C=CC(c3ccc(N(c4ccc(-c5ccccc5)cc4)c4ccc(-c5ccc(F)cc5)cc4)cc3)=CC1)C(C)CC=C2. The van der Waals surface area contributed by atoms with Gasteiger partial charge in [-0.3, -0.25) is 0 Å². The summed E-state index contributed by atoms with van der Waals surface area (Å²) in [6.45, 7) is 4.53. The molecular formula is C50H41FN2. The molecule has 2 aliphatic rings. The quantitative estimate of drug-likeness (QED) is 0.145. The fraction of sp³-hybridized carbons (Fsp3) is 0.120. The molecular weight excluding hydrogens is 648 g/mol. The number of rotatable bonds is 8. The van der Waals surface area contributed by atoms with E-state index < -0.39 is 0 Å². The normalized spacial score (nSPS) is 16.3. The minimum absolute atomic E-state index is 0.221. The van der Waals surface area contributed by atoms with E-state index in [1.807, 2.05) is 24.3 Å². The largest absolute Gasteiger partial charge is 0.337 e. The fourth-order valence-corrected chi connectivity index (χ4v) is 7.82. The van der Waals surface area contributed by atoms with E-state index in [0.717, 1.165) is 41.0 Å². The number of halogens is 1. The van der Waals surface area contributed by atoms with Crippen molar-refractivity contribution in [1.82, 2.24) is 4.57 Å². The lowest BCUT2D eigenvalue weighted by Crippen LogP contribution is -2.16. The molecule has 2 unspecified atom stereocenters. The van der Waals surface area contributed by atoms with Crippen LogP contribution in [0.1, 0.15) is 59.8 Å². The van der Waals surface area contributed by atoms with Crippen molar-refractivity contribution < 1.29 is 4.39 Å². The summed E-state index contributed by atoms with van der Waals surface area (Å²) in [5, 5.41) is 0. The van der Waals surface area contributed by atoms with Crippen molar-refractivity contribution in [2.45, 2.75) is 38.6 Å². The fourth-order valence-electron chi connectivity index (χ4n) is 7.82. The first-order valence-corrected chi connectivity index (χ1v) is 18.3. The molecule has 0 spiro atoms. The zero-order valence-corrected chi connectivity index (χ0v) is 30.1. The summed E-state index contributed by atoms with van der Waals surface area (Å²) in [6.07, 6.45) is 23.1. The molecule has 5 aromatic carbocycles. The average Bonchev–Trinajstić information content (AvgIpc) is 3.50. The van der Waals surface area contributed by atoms with Crippen LogP contribution >= 0.6 is 0 Å². The van der Waals surface area contributed by atoms with Crippen LogP contribution in [-0.2, 0) is 0 Å². The van der Waals surface area contributed by atoms with Gasteiger partial charge in [0.15, 0.2) is 0 Å². The second-order valence-corrected chi connectivity index (χ2v) is 13.9. The van der Waals surface area contributed by atoms with E-state index in [9.17, 15) is 4.39 Å². The Kier molecular flexibility index (Phi) is 9.36. The van der Waals surface area contributed by atoms with Gasteiger partial charge in [-0.1, -0.05) is 122 Å². The van der Waals surface area contributed by atoms with Crippen LogP contribution in [0.3, 0.4) is 0 Å². The molecule has 1 aromatic heterocycles. The Morgan fingerprint density at radius 2 is 1.25 bits per heavy atom. The van der Waals surface area contributed by atoms with Crippen molar-refractivity contribution in [1.29, 1.82) is 0 Å². The zero-order valence-electron chi connectivity index (χ0n) is 30.1. The van der Waals surface area contributed by atoms with Gasteiger partial charge in [-0.2, -0.15) is 0 Å². The van der Waals surface area contributed by atoms with Gasteiger partial charge in [0.25, 0.3) is 0 Å². The summed E-state index contributed by atoms with van der Waals surface area (Å²) < 4.78 is 16.1. The molecule has 6 aromatic rings. The number of allylic oxidation sites excluding steroid dienone is 6. The molecule has 0 radical (unpaired) electrons. The lowest BCUT2D eigenvalue weighted by molar-refractivity contribution is 0.552. The molecule has 1 heterocycles. The van der Waals surface area contributed by atoms with Gasteiger partial charge >= 0.3 is 0 Å². The molecule has 0 amide bonds. The van der Waals surface area contributed by atoms with Gasteiger partial charge in [-0.05, 0) is 125 Å². The summed E-state index contributed by atoms with van der Waals surface area (Å²) in [6, 6.07) is 43.4. The number of benzene rings is 5. The van der Waals surface area contributed by atoms with Gasteiger partial charge < -0.3 is 9.47 Å². The Morgan fingerprint density at radius 1 is 0.698 bits per heavy atom. The van der Waals surface area contributed by atoms with E-state index in [1.165, 1.54) is 56.9 Å². The molecule has 0 saturated heterocycles. The minimum Gasteiger partial charge on any atom is -0.337 e. The summed E-state index contributed by atoms with van der Waals surface area (Å²) in [5.74, 6) is 2.91. The lowest BCUT2D eigenvalue weighted by Gasteiger charge is -2.27. The van der Waals surface area contributed by atoms with Gasteiger partial charge in [0, 0.05) is 34.4 Å². The van der Waals surface area contributed by atoms with E-state index in [1.54, 1.807) is 0 Å². The highest BCUT2D eigenvalue weighted by Crippen LogP contribution is 2.41. The smallest absolute Gasteiger partial charge is 0.123 e. The molecule has 2 atom stereocenters. The summed E-state index contributed by atoms with van der Waals surface area (Å²) >= 11 is 0. The molecule has 0 fully saturated rings. The van der Waals surface area contributed by atoms with Crippen molar-refractivity contribution in [2.75, 3.05) is 4.90 Å². The van der Waals surface area contributed by atoms with E-state index in [0.29, 0.717) is 5.92 Å². The van der Waals surface area contributed by atoms with Crippen molar-refractivity contribution in [3.63, 3.8) is 0 Å². The maximum atomic E-state index is 13.6. The Morgan fingerprint density at radius 3 is 1.79 bits per heavy atom. The Hall–Kier alpha value is -6.37. The van der Waals surface area contributed by atoms with Crippen molar-refractivity contribution in [3.8, 4) is 34.6 Å². The third kappa shape index (κ3) is 6.73. The lowest BCUT2D eigenvalue weighted by atomic mass is 9.92. The highest BCUT2D eigenvalue weighted by molar-refractivity contribution is 5.82. The highest BCUT2D eigenvalue weighted by Gasteiger charge is 2.27. The summed E-state index contributed by atoms with van der Waals surface area (Å²) in [5.41, 5.74) is 15.2. The number of nitrogens with zero attached hydrogens (tertiary/aromatic N) is 2. The van der Waals surface area contributed by atoms with Crippen LogP contribution in [0.15, 0.2) is 158 Å². The van der Waals surface area contributed by atoms with E-state index in [-0.39, 0.29) is 11.9 Å². The standard InChI is InChI=1S/C50H41FN2/c1-4-5-14-49-36(3)48-13-9-10-35(2)50(48)53(49)47-33-23-42(24-34-47)41-21-31-46(32-22-41)52(44-27-17-39(18-28-44)37-11-7-6-8-12-37)45-29-19-40(20-30-45)38-15-25-43(51)26-16-38/h1,5-9,11-33,35,47H,10,34H2,2-3H3/b14-5-. The van der Waals surface area contributed by atoms with Crippen LogP contribution in [0.25, 0.3) is 40.0 Å².